The molecule has 3 aromatic rings. The molecule has 0 aromatic carbocycles. The number of anilines is 2. The Balaban J connectivity index is 1.62. The van der Waals surface area contributed by atoms with E-state index in [-0.39, 0.29) is 12.6 Å². The van der Waals surface area contributed by atoms with Crippen LogP contribution in [0.2, 0.25) is 0 Å². The summed E-state index contributed by atoms with van der Waals surface area (Å²) in [6, 6.07) is 2.03. The normalized spacial score (nSPS) is 15.0. The van der Waals surface area contributed by atoms with Gasteiger partial charge >= 0.3 is 0 Å². The number of fused-ring (bicyclic) bond motifs is 1. The van der Waals surface area contributed by atoms with Crippen molar-refractivity contribution in [1.29, 1.82) is 0 Å². The van der Waals surface area contributed by atoms with Gasteiger partial charge < -0.3 is 20.7 Å². The first-order valence-corrected chi connectivity index (χ1v) is 10.7. The molecule has 0 radical (unpaired) electrons. The van der Waals surface area contributed by atoms with Gasteiger partial charge in [-0.05, 0) is 52.3 Å². The van der Waals surface area contributed by atoms with Crippen LogP contribution in [-0.4, -0.2) is 42.0 Å². The number of nitrogen functional groups attached to an aromatic ring is 1. The third-order valence-corrected chi connectivity index (χ3v) is 5.39. The maximum Gasteiger partial charge on any atom is 0.166 e. The van der Waals surface area contributed by atoms with Crippen molar-refractivity contribution in [3.63, 3.8) is 0 Å². The Morgan fingerprint density at radius 2 is 2.22 bits per heavy atom. The van der Waals surface area contributed by atoms with Crippen LogP contribution in [0.3, 0.4) is 0 Å². The maximum absolute atomic E-state index is 9.65. The molecule has 1 saturated carbocycles. The fourth-order valence-corrected chi connectivity index (χ4v) is 3.66. The molecule has 168 valence electrons. The Labute approximate surface area is 186 Å². The zero-order valence-corrected chi connectivity index (χ0v) is 18.7. The minimum absolute atomic E-state index is 0.135. The maximum atomic E-state index is 9.65. The van der Waals surface area contributed by atoms with Crippen LogP contribution in [0.1, 0.15) is 51.0 Å². The van der Waals surface area contributed by atoms with Gasteiger partial charge in [0.1, 0.15) is 29.6 Å². The second kappa shape index (κ2) is 8.91. The molecule has 4 N–H and O–H groups in total. The van der Waals surface area contributed by atoms with Crippen LogP contribution in [0.5, 0.6) is 0 Å². The number of nitrogens with one attached hydrogen (secondary N) is 1. The van der Waals surface area contributed by atoms with Crippen LogP contribution in [0.4, 0.5) is 11.6 Å². The SMILES string of the molecule is C=N/C(=N\C(=C/C)Nc1cc2c(cn1)nc(CO)n2C(C)C)c1cn(CC2CC2)nc1N. The Morgan fingerprint density at radius 3 is 2.84 bits per heavy atom. The first-order chi connectivity index (χ1) is 15.4. The lowest BCUT2D eigenvalue weighted by Crippen LogP contribution is -2.07. The number of amidine groups is 1. The summed E-state index contributed by atoms with van der Waals surface area (Å²) in [5.74, 6) is 3.20. The largest absolute Gasteiger partial charge is 0.388 e. The molecule has 0 atom stereocenters. The van der Waals surface area contributed by atoms with Crippen molar-refractivity contribution in [1.82, 2.24) is 24.3 Å². The van der Waals surface area contributed by atoms with E-state index < -0.39 is 0 Å². The van der Waals surface area contributed by atoms with Crippen molar-refractivity contribution in [3.8, 4) is 0 Å². The van der Waals surface area contributed by atoms with Crippen LogP contribution < -0.4 is 11.1 Å². The Hall–Kier alpha value is -3.53. The number of aliphatic hydroxyl groups excluding tert-OH is 1. The molecule has 1 fully saturated rings. The highest BCUT2D eigenvalue weighted by atomic mass is 16.3. The summed E-state index contributed by atoms with van der Waals surface area (Å²) in [6.45, 7) is 10.3. The van der Waals surface area contributed by atoms with E-state index in [0.29, 0.717) is 40.6 Å². The van der Waals surface area contributed by atoms with E-state index in [0.717, 1.165) is 17.6 Å². The quantitative estimate of drug-likeness (QED) is 0.368. The molecule has 32 heavy (non-hydrogen) atoms. The summed E-state index contributed by atoms with van der Waals surface area (Å²) in [5, 5.41) is 17.3. The molecule has 0 saturated heterocycles. The Bertz CT molecular complexity index is 1200. The second-order valence-corrected chi connectivity index (χ2v) is 8.19. The standard InChI is InChI=1S/C22H29N9O/c1-5-18(28-22(24-4)15-11-30(29-21(15)23)10-14-6-7-14)27-19-8-17-16(9-25-19)26-20(12-32)31(17)13(2)3/h5,8-9,11,13-14,32H,4,6-7,10,12H2,1-3H3,(H2,23,29)(H,25,27)/b18-5-,28-22-. The summed E-state index contributed by atoms with van der Waals surface area (Å²) in [6.07, 6.45) is 7.83. The molecule has 4 rings (SSSR count). The number of imidazole rings is 1. The summed E-state index contributed by atoms with van der Waals surface area (Å²) in [5.41, 5.74) is 8.38. The molecular weight excluding hydrogens is 406 g/mol. The average Bonchev–Trinajstić information content (AvgIpc) is 3.39. The molecule has 0 spiro atoms. The number of nitrogens with zero attached hydrogens (tertiary/aromatic N) is 7. The van der Waals surface area contributed by atoms with E-state index in [9.17, 15) is 5.11 Å². The molecule has 0 bridgehead atoms. The predicted octanol–water partition coefficient (Wildman–Crippen LogP) is 3.11. The molecule has 3 aromatic heterocycles. The van der Waals surface area contributed by atoms with Crippen LogP contribution in [0, 0.1) is 5.92 Å². The van der Waals surface area contributed by atoms with Gasteiger partial charge in [-0.1, -0.05) is 0 Å². The van der Waals surface area contributed by atoms with Crippen LogP contribution in [0.25, 0.3) is 11.0 Å². The topological polar surface area (TPSA) is 132 Å². The molecule has 0 amide bonds. The lowest BCUT2D eigenvalue weighted by molar-refractivity contribution is 0.263. The van der Waals surface area contributed by atoms with Gasteiger partial charge in [0.2, 0.25) is 0 Å². The average molecular weight is 436 g/mol. The van der Waals surface area contributed by atoms with Crippen molar-refractivity contribution in [2.24, 2.45) is 15.9 Å². The fourth-order valence-electron chi connectivity index (χ4n) is 3.66. The van der Waals surface area contributed by atoms with Gasteiger partial charge in [-0.25, -0.2) is 20.0 Å². The molecule has 0 unspecified atom stereocenters. The van der Waals surface area contributed by atoms with E-state index in [2.05, 4.69) is 37.1 Å². The number of nitrogens with two attached hydrogens (primary N) is 1. The van der Waals surface area contributed by atoms with Crippen molar-refractivity contribution < 1.29 is 5.11 Å². The number of pyridine rings is 1. The lowest BCUT2D eigenvalue weighted by atomic mass is 10.3. The van der Waals surface area contributed by atoms with Gasteiger partial charge in [0.05, 0.1) is 17.3 Å². The van der Waals surface area contributed by atoms with E-state index >= 15 is 0 Å². The number of aliphatic hydroxyl groups is 1. The molecule has 3 heterocycles. The summed E-state index contributed by atoms with van der Waals surface area (Å²) in [7, 11) is 0. The number of hydrogen-bond donors (Lipinski definition) is 3. The zero-order chi connectivity index (χ0) is 22.8. The minimum atomic E-state index is -0.135. The van der Waals surface area contributed by atoms with Crippen LogP contribution >= 0.6 is 0 Å². The van der Waals surface area contributed by atoms with Gasteiger partial charge in [-0.3, -0.25) is 4.68 Å². The first-order valence-electron chi connectivity index (χ1n) is 10.7. The van der Waals surface area contributed by atoms with E-state index in [1.54, 1.807) is 6.20 Å². The minimum Gasteiger partial charge on any atom is -0.388 e. The smallest absolute Gasteiger partial charge is 0.166 e. The Morgan fingerprint density at radius 1 is 1.44 bits per heavy atom. The van der Waals surface area contributed by atoms with E-state index in [4.69, 9.17) is 5.73 Å². The third kappa shape index (κ3) is 4.40. The summed E-state index contributed by atoms with van der Waals surface area (Å²) < 4.78 is 3.85. The predicted molar refractivity (Wildman–Crippen MR) is 127 cm³/mol. The molecule has 10 heteroatoms. The highest BCUT2D eigenvalue weighted by molar-refractivity contribution is 6.05. The van der Waals surface area contributed by atoms with E-state index in [1.165, 1.54) is 12.8 Å². The number of rotatable bonds is 8. The Kier molecular flexibility index (Phi) is 6.04. The zero-order valence-electron chi connectivity index (χ0n) is 18.7. The van der Waals surface area contributed by atoms with Crippen molar-refractivity contribution in [2.45, 2.75) is 52.8 Å². The number of hydrogen-bond acceptors (Lipinski definition) is 7. The van der Waals surface area contributed by atoms with Crippen molar-refractivity contribution >= 4 is 35.2 Å². The highest BCUT2D eigenvalue weighted by Crippen LogP contribution is 2.31. The van der Waals surface area contributed by atoms with E-state index in [1.807, 2.05) is 48.4 Å². The molecule has 1 aliphatic carbocycles. The van der Waals surface area contributed by atoms with Gasteiger partial charge in [-0.2, -0.15) is 5.10 Å². The van der Waals surface area contributed by atoms with Crippen molar-refractivity contribution in [2.75, 3.05) is 11.1 Å². The lowest BCUT2D eigenvalue weighted by Gasteiger charge is -2.12. The van der Waals surface area contributed by atoms with Gasteiger partial charge in [0, 0.05) is 24.8 Å². The third-order valence-electron chi connectivity index (χ3n) is 5.39. The summed E-state index contributed by atoms with van der Waals surface area (Å²) >= 11 is 0. The molecular formula is C22H29N9O. The number of aliphatic imine (C=N–C) groups is 2. The highest BCUT2D eigenvalue weighted by Gasteiger charge is 2.23. The van der Waals surface area contributed by atoms with Gasteiger partial charge in [0.15, 0.2) is 11.7 Å². The number of allylic oxidation sites excluding steroid dienone is 1. The number of aromatic nitrogens is 5. The molecule has 0 aliphatic heterocycles. The van der Waals surface area contributed by atoms with Crippen molar-refractivity contribution in [3.05, 3.63) is 41.7 Å². The van der Waals surface area contributed by atoms with Gasteiger partial charge in [-0.15, -0.1) is 0 Å². The van der Waals surface area contributed by atoms with Crippen LogP contribution in [-0.2, 0) is 13.2 Å². The molecule has 10 nitrogen and oxygen atoms in total. The fraction of sp³-hybridized carbons (Fsp3) is 0.409. The second-order valence-electron chi connectivity index (χ2n) is 8.19. The summed E-state index contributed by atoms with van der Waals surface area (Å²) in [4.78, 5) is 17.6. The van der Waals surface area contributed by atoms with Gasteiger partial charge in [0.25, 0.3) is 0 Å². The molecule has 1 aliphatic rings. The monoisotopic (exact) mass is 435 g/mol. The first kappa shape index (κ1) is 21.7. The van der Waals surface area contributed by atoms with Crippen LogP contribution in [0.15, 0.2) is 40.3 Å².